The Morgan fingerprint density at radius 1 is 1.32 bits per heavy atom. The number of benzene rings is 1. The standard InChI is InChI=1S/C20H22FN5O4S/c1-11-12(2)22-18-10-16(23-26(18)19(11)27)17-5-3-4-8-25(17)20(28)14-7-6-13(21)9-15(14)24-31(29)30/h6-7,9-10,17,23-24H,3-5,8H2,1-2H3,(H,29,30)/t17-/m0/s1. The lowest BCUT2D eigenvalue weighted by atomic mass is 9.98. The summed E-state index contributed by atoms with van der Waals surface area (Å²) in [7, 11) is 0. The van der Waals surface area contributed by atoms with Gasteiger partial charge in [-0.3, -0.25) is 24.0 Å². The molecule has 11 heteroatoms. The Labute approximate surface area is 179 Å². The molecule has 164 valence electrons. The Balaban J connectivity index is 1.74. The van der Waals surface area contributed by atoms with Crippen molar-refractivity contribution in [3.8, 4) is 0 Å². The Kier molecular flexibility index (Phi) is 5.63. The maximum atomic E-state index is 13.7. The number of carbonyl (C=O) groups excluding carboxylic acids is 1. The average Bonchev–Trinajstić information content (AvgIpc) is 3.15. The Morgan fingerprint density at radius 2 is 2.10 bits per heavy atom. The van der Waals surface area contributed by atoms with Gasteiger partial charge >= 0.3 is 0 Å². The molecule has 3 aromatic rings. The highest BCUT2D eigenvalue weighted by Gasteiger charge is 2.31. The van der Waals surface area contributed by atoms with Crippen molar-refractivity contribution in [3.05, 3.63) is 63.0 Å². The van der Waals surface area contributed by atoms with Crippen molar-refractivity contribution in [2.45, 2.75) is 39.2 Å². The van der Waals surface area contributed by atoms with Crippen LogP contribution in [0.2, 0.25) is 0 Å². The number of likely N-dealkylation sites (tertiary alicyclic amines) is 1. The van der Waals surface area contributed by atoms with Crippen molar-refractivity contribution in [2.75, 3.05) is 11.3 Å². The quantitative estimate of drug-likeness (QED) is 0.531. The van der Waals surface area contributed by atoms with Gasteiger partial charge in [0.25, 0.3) is 22.7 Å². The number of amides is 1. The summed E-state index contributed by atoms with van der Waals surface area (Å²) in [5.41, 5.74) is 2.17. The van der Waals surface area contributed by atoms with Crippen LogP contribution >= 0.6 is 0 Å². The van der Waals surface area contributed by atoms with Crippen molar-refractivity contribution in [1.82, 2.24) is 19.5 Å². The van der Waals surface area contributed by atoms with Gasteiger partial charge in [0.2, 0.25) is 0 Å². The summed E-state index contributed by atoms with van der Waals surface area (Å²) in [6.07, 6.45) is 2.34. The fourth-order valence-electron chi connectivity index (χ4n) is 3.94. The normalized spacial score (nSPS) is 17.7. The lowest BCUT2D eigenvalue weighted by molar-refractivity contribution is 0.0606. The lowest BCUT2D eigenvalue weighted by Gasteiger charge is -2.35. The molecule has 0 radical (unpaired) electrons. The minimum atomic E-state index is -2.46. The van der Waals surface area contributed by atoms with Crippen molar-refractivity contribution < 1.29 is 17.9 Å². The second kappa shape index (κ2) is 8.23. The number of anilines is 1. The first-order valence-corrected chi connectivity index (χ1v) is 10.9. The predicted molar refractivity (Wildman–Crippen MR) is 114 cm³/mol. The van der Waals surface area contributed by atoms with Gasteiger partial charge in [0, 0.05) is 23.9 Å². The summed E-state index contributed by atoms with van der Waals surface area (Å²) in [5.74, 6) is -1.03. The first kappa shape index (κ1) is 21.2. The maximum absolute atomic E-state index is 13.7. The molecule has 1 aliphatic heterocycles. The number of nitrogens with one attached hydrogen (secondary N) is 2. The highest BCUT2D eigenvalue weighted by atomic mass is 32.2. The molecule has 31 heavy (non-hydrogen) atoms. The second-order valence-electron chi connectivity index (χ2n) is 7.58. The van der Waals surface area contributed by atoms with Crippen molar-refractivity contribution in [3.63, 3.8) is 0 Å². The number of aromatic nitrogens is 3. The molecule has 0 saturated carbocycles. The molecule has 1 aromatic carbocycles. The monoisotopic (exact) mass is 447 g/mol. The minimum Gasteiger partial charge on any atom is -0.330 e. The third kappa shape index (κ3) is 3.98. The van der Waals surface area contributed by atoms with E-state index in [1.54, 1.807) is 24.8 Å². The van der Waals surface area contributed by atoms with Gasteiger partial charge in [0.1, 0.15) is 5.82 Å². The molecule has 0 aliphatic carbocycles. The summed E-state index contributed by atoms with van der Waals surface area (Å²) < 4.78 is 37.6. The van der Waals surface area contributed by atoms with Crippen LogP contribution < -0.4 is 10.3 Å². The van der Waals surface area contributed by atoms with E-state index in [0.717, 1.165) is 25.0 Å². The first-order chi connectivity index (χ1) is 14.8. The van der Waals surface area contributed by atoms with E-state index in [0.29, 0.717) is 35.6 Å². The molecular weight excluding hydrogens is 425 g/mol. The predicted octanol–water partition coefficient (Wildman–Crippen LogP) is 2.69. The van der Waals surface area contributed by atoms with Gasteiger partial charge in [-0.15, -0.1) is 0 Å². The zero-order valence-electron chi connectivity index (χ0n) is 17.0. The number of nitrogens with zero attached hydrogens (tertiary/aromatic N) is 3. The zero-order chi connectivity index (χ0) is 22.3. The lowest BCUT2D eigenvalue weighted by Crippen LogP contribution is -2.39. The van der Waals surface area contributed by atoms with Crippen LogP contribution in [0, 0.1) is 19.7 Å². The van der Waals surface area contributed by atoms with Crippen LogP contribution in [0.5, 0.6) is 0 Å². The Bertz CT molecular complexity index is 1250. The third-order valence-electron chi connectivity index (χ3n) is 5.64. The molecule has 3 N–H and O–H groups in total. The van der Waals surface area contributed by atoms with Gasteiger partial charge in [-0.1, -0.05) is 0 Å². The second-order valence-corrected chi connectivity index (χ2v) is 8.29. The summed E-state index contributed by atoms with van der Waals surface area (Å²) in [5, 5.41) is 3.08. The fraction of sp³-hybridized carbons (Fsp3) is 0.350. The number of rotatable bonds is 4. The molecule has 1 aliphatic rings. The van der Waals surface area contributed by atoms with Crippen LogP contribution in [-0.2, 0) is 11.3 Å². The smallest absolute Gasteiger partial charge is 0.275 e. The topological polar surface area (TPSA) is 120 Å². The van der Waals surface area contributed by atoms with Crippen molar-refractivity contribution in [1.29, 1.82) is 0 Å². The van der Waals surface area contributed by atoms with Gasteiger partial charge in [-0.2, -0.15) is 0 Å². The van der Waals surface area contributed by atoms with E-state index < -0.39 is 23.0 Å². The molecule has 1 saturated heterocycles. The van der Waals surface area contributed by atoms with Crippen LogP contribution in [0.3, 0.4) is 0 Å². The molecule has 2 aromatic heterocycles. The fourth-order valence-corrected chi connectivity index (χ4v) is 4.30. The number of fused-ring (bicyclic) bond motifs is 1. The SMILES string of the molecule is Cc1nc2cc([C@@H]3CCCCN3C(=O)c3ccc(F)cc3NS(=O)O)[nH]n2c(=O)c1C. The largest absolute Gasteiger partial charge is 0.330 e. The molecular formula is C20H22FN5O4S. The number of hydrogen-bond donors (Lipinski definition) is 3. The van der Waals surface area contributed by atoms with E-state index in [2.05, 4.69) is 14.8 Å². The number of H-pyrrole nitrogens is 1. The van der Waals surface area contributed by atoms with Gasteiger partial charge < -0.3 is 4.90 Å². The van der Waals surface area contributed by atoms with Crippen LogP contribution in [-0.4, -0.2) is 40.7 Å². The van der Waals surface area contributed by atoms with Crippen molar-refractivity contribution in [2.24, 2.45) is 0 Å². The zero-order valence-corrected chi connectivity index (χ0v) is 17.8. The molecule has 4 rings (SSSR count). The molecule has 9 nitrogen and oxygen atoms in total. The maximum Gasteiger partial charge on any atom is 0.275 e. The summed E-state index contributed by atoms with van der Waals surface area (Å²) in [6.45, 7) is 3.94. The number of carbonyl (C=O) groups is 1. The molecule has 1 unspecified atom stereocenters. The first-order valence-electron chi connectivity index (χ1n) is 9.83. The van der Waals surface area contributed by atoms with Gasteiger partial charge in [-0.25, -0.2) is 18.1 Å². The molecule has 3 heterocycles. The average molecular weight is 447 g/mol. The van der Waals surface area contributed by atoms with E-state index in [-0.39, 0.29) is 22.9 Å². The summed E-state index contributed by atoms with van der Waals surface area (Å²) in [6, 6.07) is 4.85. The Hall–Kier alpha value is -3.05. The van der Waals surface area contributed by atoms with Crippen LogP contribution in [0.1, 0.15) is 52.6 Å². The number of aromatic amines is 1. The van der Waals surface area contributed by atoms with E-state index in [9.17, 15) is 18.2 Å². The number of halogens is 1. The third-order valence-corrected chi connectivity index (χ3v) is 6.03. The molecule has 2 atom stereocenters. The molecule has 0 bridgehead atoms. The number of piperidine rings is 1. The van der Waals surface area contributed by atoms with Crippen LogP contribution in [0.4, 0.5) is 10.1 Å². The Morgan fingerprint density at radius 3 is 2.84 bits per heavy atom. The van der Waals surface area contributed by atoms with Crippen LogP contribution in [0.15, 0.2) is 29.1 Å². The van der Waals surface area contributed by atoms with Crippen LogP contribution in [0.25, 0.3) is 5.65 Å². The molecule has 1 amide bonds. The van der Waals surface area contributed by atoms with E-state index in [4.69, 9.17) is 4.55 Å². The number of hydrogen-bond acceptors (Lipinski definition) is 4. The highest BCUT2D eigenvalue weighted by Crippen LogP contribution is 2.33. The van der Waals surface area contributed by atoms with Gasteiger partial charge in [-0.05, 0) is 51.3 Å². The minimum absolute atomic E-state index is 0.0593. The number of aryl methyl sites for hydroxylation is 1. The van der Waals surface area contributed by atoms with Gasteiger partial charge in [0.15, 0.2) is 5.65 Å². The summed E-state index contributed by atoms with van der Waals surface area (Å²) in [4.78, 5) is 32.0. The van der Waals surface area contributed by atoms with E-state index >= 15 is 0 Å². The summed E-state index contributed by atoms with van der Waals surface area (Å²) >= 11 is -2.46. The van der Waals surface area contributed by atoms with Gasteiger partial charge in [0.05, 0.1) is 23.0 Å². The van der Waals surface area contributed by atoms with Crippen molar-refractivity contribution >= 4 is 28.5 Å². The van der Waals surface area contributed by atoms with E-state index in [1.165, 1.54) is 10.6 Å². The van der Waals surface area contributed by atoms with E-state index in [1.807, 2.05) is 0 Å². The highest BCUT2D eigenvalue weighted by molar-refractivity contribution is 7.80. The molecule has 0 spiro atoms. The molecule has 1 fully saturated rings.